The maximum Gasteiger partial charge on any atom is 0.294 e. The Hall–Kier alpha value is -2.93. The minimum absolute atomic E-state index is 0.182. The summed E-state index contributed by atoms with van der Waals surface area (Å²) in [5.41, 5.74) is 4.48. The summed E-state index contributed by atoms with van der Waals surface area (Å²) in [5, 5.41) is 11.2. The molecule has 1 aliphatic heterocycles. The first kappa shape index (κ1) is 19.4. The molecule has 0 bridgehead atoms. The average Bonchev–Trinajstić information content (AvgIpc) is 3.37. The Morgan fingerprint density at radius 3 is 2.62 bits per heavy atom. The van der Waals surface area contributed by atoms with Gasteiger partial charge in [0.05, 0.1) is 6.20 Å². The summed E-state index contributed by atoms with van der Waals surface area (Å²) < 4.78 is 7.15. The summed E-state index contributed by atoms with van der Waals surface area (Å²) >= 11 is 0. The molecule has 29 heavy (non-hydrogen) atoms. The van der Waals surface area contributed by atoms with Crippen LogP contribution in [0, 0.1) is 6.92 Å². The SMILES string of the molecule is CCn1ncc(-c2cc(C(=O)Nc3ccc(CN4CCCCC4)cc3)on2)c1C. The van der Waals surface area contributed by atoms with Crippen molar-refractivity contribution in [2.45, 2.75) is 46.2 Å². The number of carbonyl (C=O) groups excluding carboxylic acids is 1. The van der Waals surface area contributed by atoms with Crippen LogP contribution in [0.3, 0.4) is 0 Å². The van der Waals surface area contributed by atoms with E-state index >= 15 is 0 Å². The highest BCUT2D eigenvalue weighted by Gasteiger charge is 2.17. The maximum absolute atomic E-state index is 12.5. The third kappa shape index (κ3) is 4.40. The van der Waals surface area contributed by atoms with Crippen molar-refractivity contribution in [1.29, 1.82) is 0 Å². The van der Waals surface area contributed by atoms with Crippen molar-refractivity contribution in [3.8, 4) is 11.3 Å². The molecule has 1 saturated heterocycles. The van der Waals surface area contributed by atoms with Gasteiger partial charge in [0, 0.05) is 36.1 Å². The first-order valence-corrected chi connectivity index (χ1v) is 10.3. The molecule has 1 aliphatic rings. The summed E-state index contributed by atoms with van der Waals surface area (Å²) in [7, 11) is 0. The standard InChI is InChI=1S/C22H27N5O2/c1-3-27-16(2)19(14-23-27)20-13-21(29-25-20)22(28)24-18-9-7-17(8-10-18)15-26-11-5-4-6-12-26/h7-10,13-14H,3-6,11-12,15H2,1-2H3,(H,24,28). The number of piperidine rings is 1. The highest BCUT2D eigenvalue weighted by molar-refractivity contribution is 6.02. The first-order valence-electron chi connectivity index (χ1n) is 10.3. The van der Waals surface area contributed by atoms with Crippen LogP contribution >= 0.6 is 0 Å². The minimum atomic E-state index is -0.312. The van der Waals surface area contributed by atoms with Gasteiger partial charge in [-0.25, -0.2) is 0 Å². The van der Waals surface area contributed by atoms with Crippen LogP contribution in [0.5, 0.6) is 0 Å². The zero-order valence-corrected chi connectivity index (χ0v) is 17.0. The van der Waals surface area contributed by atoms with Gasteiger partial charge in [-0.2, -0.15) is 5.10 Å². The van der Waals surface area contributed by atoms with Crippen LogP contribution in [-0.4, -0.2) is 38.8 Å². The molecular weight excluding hydrogens is 366 g/mol. The van der Waals surface area contributed by atoms with E-state index in [4.69, 9.17) is 4.52 Å². The number of hydrogen-bond acceptors (Lipinski definition) is 5. The lowest BCUT2D eigenvalue weighted by atomic mass is 10.1. The lowest BCUT2D eigenvalue weighted by Crippen LogP contribution is -2.29. The van der Waals surface area contributed by atoms with Gasteiger partial charge in [-0.05, 0) is 57.5 Å². The summed E-state index contributed by atoms with van der Waals surface area (Å²) in [5.74, 6) is -0.130. The van der Waals surface area contributed by atoms with E-state index in [1.807, 2.05) is 30.7 Å². The number of likely N-dealkylation sites (tertiary alicyclic amines) is 1. The summed E-state index contributed by atoms with van der Waals surface area (Å²) in [4.78, 5) is 15.0. The fourth-order valence-corrected chi connectivity index (χ4v) is 3.79. The van der Waals surface area contributed by atoms with E-state index in [9.17, 15) is 4.79 Å². The number of carbonyl (C=O) groups is 1. The van der Waals surface area contributed by atoms with E-state index in [2.05, 4.69) is 32.6 Å². The number of aryl methyl sites for hydroxylation is 1. The maximum atomic E-state index is 12.5. The Balaban J connectivity index is 1.39. The molecule has 0 aliphatic carbocycles. The second-order valence-electron chi connectivity index (χ2n) is 7.52. The van der Waals surface area contributed by atoms with E-state index in [1.165, 1.54) is 37.9 Å². The van der Waals surface area contributed by atoms with Crippen molar-refractivity contribution in [2.24, 2.45) is 0 Å². The predicted octanol–water partition coefficient (Wildman–Crippen LogP) is 4.10. The molecule has 0 radical (unpaired) electrons. The van der Waals surface area contributed by atoms with Crippen molar-refractivity contribution in [1.82, 2.24) is 19.8 Å². The Bertz CT molecular complexity index is 968. The summed E-state index contributed by atoms with van der Waals surface area (Å²) in [6, 6.07) is 9.66. The highest BCUT2D eigenvalue weighted by atomic mass is 16.5. The van der Waals surface area contributed by atoms with Crippen LogP contribution in [-0.2, 0) is 13.1 Å². The van der Waals surface area contributed by atoms with Gasteiger partial charge in [-0.15, -0.1) is 0 Å². The number of nitrogens with zero attached hydrogens (tertiary/aromatic N) is 4. The third-order valence-corrected chi connectivity index (χ3v) is 5.48. The number of hydrogen-bond donors (Lipinski definition) is 1. The van der Waals surface area contributed by atoms with E-state index in [-0.39, 0.29) is 11.7 Å². The smallest absolute Gasteiger partial charge is 0.294 e. The monoisotopic (exact) mass is 393 g/mol. The van der Waals surface area contributed by atoms with Gasteiger partial charge < -0.3 is 9.84 Å². The number of amides is 1. The van der Waals surface area contributed by atoms with Gasteiger partial charge in [0.2, 0.25) is 5.76 Å². The van der Waals surface area contributed by atoms with Gasteiger partial charge in [0.1, 0.15) is 5.69 Å². The normalized spacial score (nSPS) is 14.8. The molecule has 4 rings (SSSR count). The fraction of sp³-hybridized carbons (Fsp3) is 0.409. The number of rotatable bonds is 6. The molecule has 152 valence electrons. The van der Waals surface area contributed by atoms with Crippen LogP contribution in [0.4, 0.5) is 5.69 Å². The molecule has 1 aromatic carbocycles. The predicted molar refractivity (Wildman–Crippen MR) is 112 cm³/mol. The Morgan fingerprint density at radius 1 is 1.17 bits per heavy atom. The van der Waals surface area contributed by atoms with Gasteiger partial charge in [-0.3, -0.25) is 14.4 Å². The molecule has 3 heterocycles. The molecule has 0 unspecified atom stereocenters. The second kappa shape index (κ2) is 8.61. The van der Waals surface area contributed by atoms with Crippen molar-refractivity contribution < 1.29 is 9.32 Å². The second-order valence-corrected chi connectivity index (χ2v) is 7.52. The van der Waals surface area contributed by atoms with Crippen LogP contribution in [0.25, 0.3) is 11.3 Å². The minimum Gasteiger partial charge on any atom is -0.350 e. The van der Waals surface area contributed by atoms with Crippen molar-refractivity contribution >= 4 is 11.6 Å². The van der Waals surface area contributed by atoms with Gasteiger partial charge >= 0.3 is 0 Å². The molecule has 0 spiro atoms. The molecule has 2 aromatic heterocycles. The number of benzene rings is 1. The quantitative estimate of drug-likeness (QED) is 0.682. The van der Waals surface area contributed by atoms with E-state index in [0.29, 0.717) is 5.69 Å². The van der Waals surface area contributed by atoms with Gasteiger partial charge in [0.25, 0.3) is 5.91 Å². The van der Waals surface area contributed by atoms with Gasteiger partial charge in [0.15, 0.2) is 0 Å². The molecule has 3 aromatic rings. The summed E-state index contributed by atoms with van der Waals surface area (Å²) in [6.45, 7) is 8.09. The molecular formula is C22H27N5O2. The Labute approximate surface area is 170 Å². The van der Waals surface area contributed by atoms with Crippen LogP contribution in [0.1, 0.15) is 48.0 Å². The van der Waals surface area contributed by atoms with Crippen LogP contribution in [0.15, 0.2) is 41.1 Å². The molecule has 1 fully saturated rings. The van der Waals surface area contributed by atoms with Crippen molar-refractivity contribution in [2.75, 3.05) is 18.4 Å². The fourth-order valence-electron chi connectivity index (χ4n) is 3.79. The van der Waals surface area contributed by atoms with Crippen molar-refractivity contribution in [3.05, 3.63) is 53.5 Å². The topological polar surface area (TPSA) is 76.2 Å². The molecule has 1 N–H and O–H groups in total. The average molecular weight is 393 g/mol. The first-order chi connectivity index (χ1) is 14.1. The largest absolute Gasteiger partial charge is 0.350 e. The van der Waals surface area contributed by atoms with E-state index in [0.717, 1.165) is 30.0 Å². The Kier molecular flexibility index (Phi) is 5.76. The van der Waals surface area contributed by atoms with Gasteiger partial charge in [-0.1, -0.05) is 23.7 Å². The highest BCUT2D eigenvalue weighted by Crippen LogP contribution is 2.23. The van der Waals surface area contributed by atoms with Crippen LogP contribution < -0.4 is 5.32 Å². The molecule has 7 nitrogen and oxygen atoms in total. The zero-order chi connectivity index (χ0) is 20.2. The third-order valence-electron chi connectivity index (χ3n) is 5.48. The number of nitrogens with one attached hydrogen (secondary N) is 1. The van der Waals surface area contributed by atoms with Crippen molar-refractivity contribution in [3.63, 3.8) is 0 Å². The molecule has 0 saturated carbocycles. The number of anilines is 1. The molecule has 7 heteroatoms. The zero-order valence-electron chi connectivity index (χ0n) is 17.0. The Morgan fingerprint density at radius 2 is 1.93 bits per heavy atom. The lowest BCUT2D eigenvalue weighted by Gasteiger charge is -2.26. The molecule has 1 amide bonds. The van der Waals surface area contributed by atoms with E-state index < -0.39 is 0 Å². The number of aromatic nitrogens is 3. The molecule has 0 atom stereocenters. The van der Waals surface area contributed by atoms with Crippen LogP contribution in [0.2, 0.25) is 0 Å². The summed E-state index contributed by atoms with van der Waals surface area (Å²) in [6.07, 6.45) is 5.66. The lowest BCUT2D eigenvalue weighted by molar-refractivity contribution is 0.0988. The van der Waals surface area contributed by atoms with E-state index in [1.54, 1.807) is 12.3 Å².